The Morgan fingerprint density at radius 2 is 1.63 bits per heavy atom. The lowest BCUT2D eigenvalue weighted by atomic mass is 10.1. The van der Waals surface area contributed by atoms with Crippen LogP contribution >= 0.6 is 0 Å². The first-order chi connectivity index (χ1) is 13.1. The molecule has 2 aromatic carbocycles. The summed E-state index contributed by atoms with van der Waals surface area (Å²) < 4.78 is 6.21. The van der Waals surface area contributed by atoms with Gasteiger partial charge in [0, 0.05) is 35.1 Å². The molecule has 1 aliphatic rings. The molecule has 0 N–H and O–H groups in total. The van der Waals surface area contributed by atoms with E-state index in [4.69, 9.17) is 4.42 Å². The van der Waals surface area contributed by atoms with E-state index in [0.29, 0.717) is 5.71 Å². The number of para-hydroxylation sites is 1. The normalized spacial score (nSPS) is 16.0. The fourth-order valence-corrected chi connectivity index (χ4v) is 4.01. The molecule has 2 aromatic heterocycles. The van der Waals surface area contributed by atoms with Crippen LogP contribution in [0.2, 0.25) is 0 Å². The average molecular weight is 355 g/mol. The van der Waals surface area contributed by atoms with E-state index in [0.717, 1.165) is 27.7 Å². The summed E-state index contributed by atoms with van der Waals surface area (Å²) in [6.07, 6.45) is 6.04. The van der Waals surface area contributed by atoms with Gasteiger partial charge in [-0.15, -0.1) is 0 Å². The van der Waals surface area contributed by atoms with Gasteiger partial charge in [-0.25, -0.2) is 4.98 Å². The Morgan fingerprint density at radius 1 is 0.852 bits per heavy atom. The highest BCUT2D eigenvalue weighted by Gasteiger charge is 2.38. The van der Waals surface area contributed by atoms with Gasteiger partial charge in [-0.2, -0.15) is 0 Å². The Bertz CT molecular complexity index is 1170. The topological polar surface area (TPSA) is 32.5 Å². The molecular weight excluding hydrogens is 334 g/mol. The molecule has 4 nitrogen and oxygen atoms in total. The molecule has 0 radical (unpaired) electrons. The quantitative estimate of drug-likeness (QED) is 0.453. The van der Waals surface area contributed by atoms with Crippen LogP contribution in [-0.4, -0.2) is 10.6 Å². The summed E-state index contributed by atoms with van der Waals surface area (Å²) in [5, 5.41) is 2.15. The van der Waals surface area contributed by atoms with E-state index in [1.54, 1.807) is 6.20 Å². The SMILES string of the molecule is Cc1ccc2c(oc3ncccc32)c1N1C=CN(c2ccccc2)C1(C)C. The van der Waals surface area contributed by atoms with Crippen LogP contribution in [0.3, 0.4) is 0 Å². The third-order valence-corrected chi connectivity index (χ3v) is 5.41. The summed E-state index contributed by atoms with van der Waals surface area (Å²) >= 11 is 0. The highest BCUT2D eigenvalue weighted by atomic mass is 16.3. The molecule has 4 aromatic rings. The van der Waals surface area contributed by atoms with Gasteiger partial charge in [0.1, 0.15) is 5.66 Å². The van der Waals surface area contributed by atoms with Crippen LogP contribution in [0.1, 0.15) is 19.4 Å². The summed E-state index contributed by atoms with van der Waals surface area (Å²) in [6, 6.07) is 18.8. The second-order valence-electron chi connectivity index (χ2n) is 7.43. The third-order valence-electron chi connectivity index (χ3n) is 5.41. The van der Waals surface area contributed by atoms with E-state index < -0.39 is 0 Å². The number of aromatic nitrogens is 1. The first-order valence-electron chi connectivity index (χ1n) is 9.16. The van der Waals surface area contributed by atoms with Crippen molar-refractivity contribution in [2.45, 2.75) is 26.4 Å². The second kappa shape index (κ2) is 5.61. The number of fused-ring (bicyclic) bond motifs is 3. The molecule has 0 spiro atoms. The Balaban J connectivity index is 1.70. The molecule has 0 saturated carbocycles. The minimum atomic E-state index is -0.271. The van der Waals surface area contributed by atoms with Crippen molar-refractivity contribution in [2.75, 3.05) is 9.80 Å². The number of hydrogen-bond acceptors (Lipinski definition) is 4. The molecule has 0 atom stereocenters. The van der Waals surface area contributed by atoms with Gasteiger partial charge in [-0.1, -0.05) is 30.3 Å². The van der Waals surface area contributed by atoms with Gasteiger partial charge in [0.2, 0.25) is 5.71 Å². The van der Waals surface area contributed by atoms with Gasteiger partial charge in [0.05, 0.1) is 5.69 Å². The largest absolute Gasteiger partial charge is 0.435 e. The van der Waals surface area contributed by atoms with Crippen molar-refractivity contribution < 1.29 is 4.42 Å². The smallest absolute Gasteiger partial charge is 0.227 e. The van der Waals surface area contributed by atoms with Gasteiger partial charge in [0.25, 0.3) is 0 Å². The van der Waals surface area contributed by atoms with Crippen molar-refractivity contribution in [3.63, 3.8) is 0 Å². The number of pyridine rings is 1. The Hall–Kier alpha value is -3.27. The Labute approximate surface area is 158 Å². The fraction of sp³-hybridized carbons (Fsp3) is 0.174. The summed E-state index contributed by atoms with van der Waals surface area (Å²) in [5.41, 5.74) is 4.72. The maximum atomic E-state index is 6.21. The molecule has 27 heavy (non-hydrogen) atoms. The Morgan fingerprint density at radius 3 is 2.44 bits per heavy atom. The van der Waals surface area contributed by atoms with Crippen LogP contribution < -0.4 is 9.80 Å². The van der Waals surface area contributed by atoms with E-state index in [2.05, 4.69) is 90.4 Å². The van der Waals surface area contributed by atoms with Crippen molar-refractivity contribution in [3.05, 3.63) is 78.8 Å². The number of nitrogens with zero attached hydrogens (tertiary/aromatic N) is 3. The van der Waals surface area contributed by atoms with Crippen LogP contribution in [0, 0.1) is 6.92 Å². The number of furan rings is 1. The monoisotopic (exact) mass is 355 g/mol. The first kappa shape index (κ1) is 15.9. The maximum absolute atomic E-state index is 6.21. The van der Waals surface area contributed by atoms with Crippen LogP contribution in [0.15, 0.2) is 77.6 Å². The van der Waals surface area contributed by atoms with Crippen molar-refractivity contribution in [3.8, 4) is 0 Å². The van der Waals surface area contributed by atoms with Gasteiger partial charge in [-0.3, -0.25) is 0 Å². The summed E-state index contributed by atoms with van der Waals surface area (Å²) in [5.74, 6) is 0. The molecule has 1 aliphatic heterocycles. The molecule has 0 amide bonds. The van der Waals surface area contributed by atoms with Crippen molar-refractivity contribution in [2.24, 2.45) is 0 Å². The third kappa shape index (κ3) is 2.26. The van der Waals surface area contributed by atoms with E-state index in [-0.39, 0.29) is 5.66 Å². The predicted molar refractivity (Wildman–Crippen MR) is 111 cm³/mol. The molecule has 0 saturated heterocycles. The minimum Gasteiger partial charge on any atom is -0.435 e. The van der Waals surface area contributed by atoms with Crippen molar-refractivity contribution in [1.29, 1.82) is 0 Å². The minimum absolute atomic E-state index is 0.271. The molecule has 0 unspecified atom stereocenters. The van der Waals surface area contributed by atoms with Gasteiger partial charge in [0.15, 0.2) is 5.58 Å². The zero-order valence-corrected chi connectivity index (χ0v) is 15.7. The van der Waals surface area contributed by atoms with E-state index in [9.17, 15) is 0 Å². The fourth-order valence-electron chi connectivity index (χ4n) is 4.01. The highest BCUT2D eigenvalue weighted by Crippen LogP contribution is 2.43. The van der Waals surface area contributed by atoms with Crippen LogP contribution in [-0.2, 0) is 0 Å². The van der Waals surface area contributed by atoms with Crippen molar-refractivity contribution >= 4 is 33.4 Å². The van der Waals surface area contributed by atoms with E-state index >= 15 is 0 Å². The molecule has 0 aliphatic carbocycles. The molecule has 5 rings (SSSR count). The average Bonchev–Trinajstić information content (AvgIpc) is 3.19. The number of benzene rings is 2. The number of aryl methyl sites for hydroxylation is 1. The van der Waals surface area contributed by atoms with Crippen LogP contribution in [0.5, 0.6) is 0 Å². The predicted octanol–water partition coefficient (Wildman–Crippen LogP) is 5.82. The highest BCUT2D eigenvalue weighted by molar-refractivity contribution is 6.08. The van der Waals surface area contributed by atoms with E-state index in [1.165, 1.54) is 5.56 Å². The van der Waals surface area contributed by atoms with E-state index in [1.807, 2.05) is 12.1 Å². The number of rotatable bonds is 2. The van der Waals surface area contributed by atoms with Gasteiger partial charge in [-0.05, 0) is 50.6 Å². The standard InChI is InChI=1S/C23H21N3O/c1-16-11-12-18-19-10-7-13-24-22(19)27-21(18)20(16)26-15-14-25(23(26,2)3)17-8-5-4-6-9-17/h4-15H,1-3H3. The second-order valence-corrected chi connectivity index (χ2v) is 7.43. The Kier molecular flexibility index (Phi) is 3.31. The molecule has 134 valence electrons. The summed E-state index contributed by atoms with van der Waals surface area (Å²) in [6.45, 7) is 6.57. The molecular formula is C23H21N3O. The number of anilines is 2. The van der Waals surface area contributed by atoms with Crippen molar-refractivity contribution in [1.82, 2.24) is 4.98 Å². The first-order valence-corrected chi connectivity index (χ1v) is 9.16. The lowest BCUT2D eigenvalue weighted by Crippen LogP contribution is -2.49. The number of hydrogen-bond donors (Lipinski definition) is 0. The summed E-state index contributed by atoms with van der Waals surface area (Å²) in [7, 11) is 0. The van der Waals surface area contributed by atoms with Crippen LogP contribution in [0.4, 0.5) is 11.4 Å². The lowest BCUT2D eigenvalue weighted by molar-refractivity contribution is 0.529. The lowest BCUT2D eigenvalue weighted by Gasteiger charge is -2.40. The molecule has 4 heteroatoms. The zero-order valence-electron chi connectivity index (χ0n) is 15.7. The summed E-state index contributed by atoms with van der Waals surface area (Å²) in [4.78, 5) is 8.98. The van der Waals surface area contributed by atoms with Crippen LogP contribution in [0.25, 0.3) is 22.1 Å². The van der Waals surface area contributed by atoms with Gasteiger partial charge < -0.3 is 14.2 Å². The van der Waals surface area contributed by atoms with Gasteiger partial charge >= 0.3 is 0 Å². The maximum Gasteiger partial charge on any atom is 0.227 e. The molecule has 0 fully saturated rings. The molecule has 3 heterocycles. The molecule has 0 bridgehead atoms. The zero-order chi connectivity index (χ0) is 18.6.